The van der Waals surface area contributed by atoms with Crippen LogP contribution in [0, 0.1) is 17.1 Å². The van der Waals surface area contributed by atoms with Crippen LogP contribution in [0.15, 0.2) is 12.1 Å². The van der Waals surface area contributed by atoms with Gasteiger partial charge in [-0.2, -0.15) is 5.26 Å². The quantitative estimate of drug-likeness (QED) is 0.696. The Morgan fingerprint density at radius 2 is 2.21 bits per heavy atom. The number of primary amides is 1. The van der Waals surface area contributed by atoms with E-state index in [2.05, 4.69) is 0 Å². The van der Waals surface area contributed by atoms with Crippen LogP contribution in [0.5, 0.6) is 0 Å². The van der Waals surface area contributed by atoms with E-state index in [1.54, 1.807) is 0 Å². The minimum absolute atomic E-state index is 0.0648. The van der Waals surface area contributed by atoms with Gasteiger partial charge in [-0.05, 0) is 12.1 Å². The van der Waals surface area contributed by atoms with E-state index in [9.17, 15) is 14.0 Å². The normalized spacial score (nSPS) is 9.14. The molecule has 1 amide bonds. The van der Waals surface area contributed by atoms with Gasteiger partial charge in [0.25, 0.3) is 0 Å². The van der Waals surface area contributed by atoms with Crippen LogP contribution < -0.4 is 5.73 Å². The van der Waals surface area contributed by atoms with Crippen LogP contribution in [0.2, 0.25) is 0 Å². The molecular weight excluding hydrogens is 187 g/mol. The lowest BCUT2D eigenvalue weighted by Crippen LogP contribution is -2.12. The van der Waals surface area contributed by atoms with Gasteiger partial charge in [0.15, 0.2) is 12.1 Å². The molecule has 14 heavy (non-hydrogen) atoms. The fourth-order valence-corrected chi connectivity index (χ4v) is 0.956. The van der Waals surface area contributed by atoms with Crippen LogP contribution in [0.1, 0.15) is 26.3 Å². The van der Waals surface area contributed by atoms with Crippen molar-refractivity contribution in [1.82, 2.24) is 0 Å². The number of nitrogens with two attached hydrogens (primary N) is 1. The molecule has 5 heteroatoms. The Morgan fingerprint density at radius 1 is 1.57 bits per heavy atom. The molecule has 1 rings (SSSR count). The van der Waals surface area contributed by atoms with Crippen LogP contribution >= 0.6 is 0 Å². The van der Waals surface area contributed by atoms with E-state index in [1.807, 2.05) is 0 Å². The van der Waals surface area contributed by atoms with E-state index in [0.717, 1.165) is 12.1 Å². The number of rotatable bonds is 2. The van der Waals surface area contributed by atoms with Crippen molar-refractivity contribution < 1.29 is 14.0 Å². The summed E-state index contributed by atoms with van der Waals surface area (Å²) in [5, 5.41) is 8.49. The van der Waals surface area contributed by atoms with Crippen LogP contribution in [0.25, 0.3) is 0 Å². The van der Waals surface area contributed by atoms with Crippen molar-refractivity contribution in [3.05, 3.63) is 34.6 Å². The number of carbonyl (C=O) groups excluding carboxylic acids is 2. The molecule has 1 aromatic rings. The Kier molecular flexibility index (Phi) is 2.58. The third kappa shape index (κ3) is 1.59. The molecule has 1 aromatic carbocycles. The molecule has 70 valence electrons. The summed E-state index contributed by atoms with van der Waals surface area (Å²) in [6.45, 7) is 0. The number of hydrogen-bond donors (Lipinski definition) is 1. The zero-order valence-corrected chi connectivity index (χ0v) is 6.95. The molecule has 0 unspecified atom stereocenters. The molecule has 0 saturated heterocycles. The Morgan fingerprint density at radius 3 is 2.64 bits per heavy atom. The molecule has 0 saturated carbocycles. The largest absolute Gasteiger partial charge is 0.366 e. The number of hydrogen-bond acceptors (Lipinski definition) is 3. The third-order valence-corrected chi connectivity index (χ3v) is 1.63. The Hall–Kier alpha value is -2.22. The van der Waals surface area contributed by atoms with Gasteiger partial charge in [0, 0.05) is 5.56 Å². The summed E-state index contributed by atoms with van der Waals surface area (Å²) in [6.07, 6.45) is 0.225. The van der Waals surface area contributed by atoms with Gasteiger partial charge in [0.2, 0.25) is 5.91 Å². The van der Waals surface area contributed by atoms with E-state index < -0.39 is 11.7 Å². The topological polar surface area (TPSA) is 83.9 Å². The number of amides is 1. The first kappa shape index (κ1) is 9.86. The predicted octanol–water partition coefficient (Wildman–Crippen LogP) is 0.609. The molecule has 0 aliphatic heterocycles. The highest BCUT2D eigenvalue weighted by atomic mass is 19.1. The molecule has 0 fully saturated rings. The number of halogens is 1. The summed E-state index contributed by atoms with van der Waals surface area (Å²) in [7, 11) is 0. The number of nitriles is 1. The van der Waals surface area contributed by atoms with Crippen molar-refractivity contribution in [3.8, 4) is 6.07 Å². The third-order valence-electron chi connectivity index (χ3n) is 1.63. The summed E-state index contributed by atoms with van der Waals surface area (Å²) in [6, 6.07) is 3.53. The van der Waals surface area contributed by atoms with Crippen molar-refractivity contribution >= 4 is 12.2 Å². The van der Waals surface area contributed by atoms with Crippen molar-refractivity contribution in [2.24, 2.45) is 5.73 Å². The SMILES string of the molecule is N#Cc1cc(C(N)=O)cc(C=O)c1F. The molecule has 0 spiro atoms. The van der Waals surface area contributed by atoms with Gasteiger partial charge in [-0.15, -0.1) is 0 Å². The Bertz CT molecular complexity index is 449. The summed E-state index contributed by atoms with van der Waals surface area (Å²) >= 11 is 0. The second-order valence-corrected chi connectivity index (χ2v) is 2.52. The minimum Gasteiger partial charge on any atom is -0.366 e. The minimum atomic E-state index is -0.937. The summed E-state index contributed by atoms with van der Waals surface area (Å²) in [5.74, 6) is -1.75. The standard InChI is InChI=1S/C9H5FN2O2/c10-8-6(3-11)1-5(9(12)14)2-7(8)4-13/h1-2,4H,(H2,12,14). The van der Waals surface area contributed by atoms with Gasteiger partial charge in [0.05, 0.1) is 11.1 Å². The highest BCUT2D eigenvalue weighted by Crippen LogP contribution is 2.13. The average Bonchev–Trinajstić information content (AvgIpc) is 2.17. The first-order chi connectivity index (χ1) is 6.60. The van der Waals surface area contributed by atoms with Crippen LogP contribution in [-0.4, -0.2) is 12.2 Å². The van der Waals surface area contributed by atoms with E-state index in [4.69, 9.17) is 11.0 Å². The fourth-order valence-electron chi connectivity index (χ4n) is 0.956. The molecule has 0 heterocycles. The smallest absolute Gasteiger partial charge is 0.248 e. The Balaban J connectivity index is 3.49. The molecule has 0 radical (unpaired) electrons. The first-order valence-corrected chi connectivity index (χ1v) is 3.58. The molecule has 0 bridgehead atoms. The lowest BCUT2D eigenvalue weighted by molar-refractivity contribution is 0.1000. The van der Waals surface area contributed by atoms with Gasteiger partial charge in [-0.25, -0.2) is 4.39 Å². The van der Waals surface area contributed by atoms with Gasteiger partial charge in [-0.1, -0.05) is 0 Å². The molecule has 4 nitrogen and oxygen atoms in total. The highest BCUT2D eigenvalue weighted by molar-refractivity contribution is 5.95. The van der Waals surface area contributed by atoms with Crippen LogP contribution in [0.3, 0.4) is 0 Å². The lowest BCUT2D eigenvalue weighted by Gasteiger charge is -2.00. The van der Waals surface area contributed by atoms with E-state index in [0.29, 0.717) is 0 Å². The van der Waals surface area contributed by atoms with Crippen molar-refractivity contribution in [3.63, 3.8) is 0 Å². The second kappa shape index (κ2) is 3.66. The van der Waals surface area contributed by atoms with Crippen molar-refractivity contribution in [2.45, 2.75) is 0 Å². The zero-order valence-electron chi connectivity index (χ0n) is 6.95. The molecule has 0 aliphatic carbocycles. The highest BCUT2D eigenvalue weighted by Gasteiger charge is 2.12. The van der Waals surface area contributed by atoms with Crippen LogP contribution in [0.4, 0.5) is 4.39 Å². The van der Waals surface area contributed by atoms with Crippen LogP contribution in [-0.2, 0) is 0 Å². The van der Waals surface area contributed by atoms with E-state index in [-0.39, 0.29) is 23.0 Å². The molecule has 2 N–H and O–H groups in total. The van der Waals surface area contributed by atoms with Gasteiger partial charge in [-0.3, -0.25) is 9.59 Å². The predicted molar refractivity (Wildman–Crippen MR) is 45.0 cm³/mol. The number of nitrogens with zero attached hydrogens (tertiary/aromatic N) is 1. The Labute approximate surface area is 78.7 Å². The van der Waals surface area contributed by atoms with Gasteiger partial charge in [0.1, 0.15) is 6.07 Å². The maximum atomic E-state index is 13.1. The zero-order chi connectivity index (χ0) is 10.7. The second-order valence-electron chi connectivity index (χ2n) is 2.52. The number of carbonyl (C=O) groups is 2. The van der Waals surface area contributed by atoms with Crippen molar-refractivity contribution in [2.75, 3.05) is 0 Å². The van der Waals surface area contributed by atoms with Crippen molar-refractivity contribution in [1.29, 1.82) is 5.26 Å². The van der Waals surface area contributed by atoms with E-state index >= 15 is 0 Å². The molecule has 0 atom stereocenters. The molecule has 0 aliphatic rings. The lowest BCUT2D eigenvalue weighted by atomic mass is 10.1. The monoisotopic (exact) mass is 192 g/mol. The van der Waals surface area contributed by atoms with Gasteiger partial charge >= 0.3 is 0 Å². The molecule has 0 aromatic heterocycles. The van der Waals surface area contributed by atoms with Gasteiger partial charge < -0.3 is 5.73 Å². The first-order valence-electron chi connectivity index (χ1n) is 3.58. The van der Waals surface area contributed by atoms with E-state index in [1.165, 1.54) is 6.07 Å². The molecular formula is C9H5FN2O2. The number of benzene rings is 1. The summed E-state index contributed by atoms with van der Waals surface area (Å²) < 4.78 is 13.1. The average molecular weight is 192 g/mol. The maximum absolute atomic E-state index is 13.1. The maximum Gasteiger partial charge on any atom is 0.248 e. The summed E-state index contributed by atoms with van der Waals surface area (Å²) in [5.41, 5.74) is 4.14. The summed E-state index contributed by atoms with van der Waals surface area (Å²) in [4.78, 5) is 21.1. The fraction of sp³-hybridized carbons (Fsp3) is 0. The number of aldehydes is 1.